The van der Waals surface area contributed by atoms with E-state index >= 15 is 0 Å². The Morgan fingerprint density at radius 2 is 1.86 bits per heavy atom. The Kier molecular flexibility index (Phi) is 5.62. The summed E-state index contributed by atoms with van der Waals surface area (Å²) >= 11 is 0. The smallest absolute Gasteiger partial charge is 0.337 e. The zero-order valence-corrected chi connectivity index (χ0v) is 15.4. The molecule has 21 heavy (non-hydrogen) atoms. The van der Waals surface area contributed by atoms with Crippen molar-refractivity contribution >= 4 is 14.3 Å². The lowest BCUT2D eigenvalue weighted by molar-refractivity contribution is 0.0600. The zero-order chi connectivity index (χ0) is 16.3. The Bertz CT molecular complexity index is 501. The minimum atomic E-state index is -1.88. The van der Waals surface area contributed by atoms with Gasteiger partial charge in [-0.25, -0.2) is 4.79 Å². The summed E-state index contributed by atoms with van der Waals surface area (Å²) < 4.78 is 11.2. The van der Waals surface area contributed by atoms with Crippen LogP contribution in [0.15, 0.2) is 18.2 Å². The molecule has 0 heterocycles. The number of hydrogen-bond donors (Lipinski definition) is 0. The van der Waals surface area contributed by atoms with Gasteiger partial charge in [-0.15, -0.1) is 0 Å². The summed E-state index contributed by atoms with van der Waals surface area (Å²) in [6, 6.07) is 5.60. The second-order valence-electron chi connectivity index (χ2n) is 6.93. The molecule has 1 aromatic carbocycles. The molecule has 1 rings (SSSR count). The van der Waals surface area contributed by atoms with Crippen molar-refractivity contribution in [3.8, 4) is 5.75 Å². The van der Waals surface area contributed by atoms with Crippen LogP contribution in [0.3, 0.4) is 0 Å². The maximum absolute atomic E-state index is 11.7. The van der Waals surface area contributed by atoms with Crippen molar-refractivity contribution < 1.29 is 14.0 Å². The van der Waals surface area contributed by atoms with Gasteiger partial charge in [-0.05, 0) is 48.3 Å². The van der Waals surface area contributed by atoms with Gasteiger partial charge in [0.15, 0.2) is 0 Å². The molecule has 4 heteroatoms. The maximum Gasteiger partial charge on any atom is 0.337 e. The van der Waals surface area contributed by atoms with Gasteiger partial charge in [0.25, 0.3) is 0 Å². The average molecular weight is 308 g/mol. The quantitative estimate of drug-likeness (QED) is 0.578. The first-order valence-corrected chi connectivity index (χ1v) is 10.4. The summed E-state index contributed by atoms with van der Waals surface area (Å²) in [6.45, 7) is 13.3. The topological polar surface area (TPSA) is 35.5 Å². The van der Waals surface area contributed by atoms with E-state index in [1.165, 1.54) is 7.11 Å². The van der Waals surface area contributed by atoms with E-state index in [-0.39, 0.29) is 11.0 Å². The van der Waals surface area contributed by atoms with Gasteiger partial charge in [-0.1, -0.05) is 34.1 Å². The molecule has 0 aliphatic carbocycles. The van der Waals surface area contributed by atoms with Crippen molar-refractivity contribution in [2.75, 3.05) is 7.11 Å². The Morgan fingerprint density at radius 1 is 1.24 bits per heavy atom. The minimum Gasteiger partial charge on any atom is -0.543 e. The van der Waals surface area contributed by atoms with Gasteiger partial charge >= 0.3 is 5.97 Å². The molecule has 0 bridgehead atoms. The van der Waals surface area contributed by atoms with Crippen LogP contribution in [0.4, 0.5) is 0 Å². The van der Waals surface area contributed by atoms with Crippen molar-refractivity contribution in [2.24, 2.45) is 0 Å². The predicted octanol–water partition coefficient (Wildman–Crippen LogP) is 4.81. The second kappa shape index (κ2) is 6.65. The Morgan fingerprint density at radius 3 is 2.33 bits per heavy atom. The van der Waals surface area contributed by atoms with Crippen LogP contribution in [0.5, 0.6) is 5.75 Å². The van der Waals surface area contributed by atoms with Gasteiger partial charge in [0.2, 0.25) is 8.32 Å². The Labute approximate surface area is 129 Å². The number of rotatable bonds is 5. The van der Waals surface area contributed by atoms with Crippen molar-refractivity contribution in [2.45, 2.75) is 58.7 Å². The summed E-state index contributed by atoms with van der Waals surface area (Å²) in [5, 5.41) is 0.150. The van der Waals surface area contributed by atoms with Crippen LogP contribution in [0.2, 0.25) is 18.1 Å². The van der Waals surface area contributed by atoms with Crippen LogP contribution in [0, 0.1) is 0 Å². The molecule has 0 amide bonds. The molecule has 0 spiro atoms. The molecule has 0 aromatic heterocycles. The van der Waals surface area contributed by atoms with Gasteiger partial charge < -0.3 is 9.16 Å². The SMILES string of the molecule is CCCc1cc(C(=O)OC)ccc1O[Si](C)(C)C(C)(C)C. The standard InChI is InChI=1S/C17H28O3Si/c1-8-9-13-12-14(16(18)19-5)10-11-15(13)20-21(6,7)17(2,3)4/h10-12H,8-9H2,1-7H3. The second-order valence-corrected chi connectivity index (χ2v) is 11.7. The summed E-state index contributed by atoms with van der Waals surface area (Å²) in [5.74, 6) is 0.613. The Hall–Kier alpha value is -1.29. The van der Waals surface area contributed by atoms with Crippen molar-refractivity contribution in [1.29, 1.82) is 0 Å². The summed E-state index contributed by atoms with van der Waals surface area (Å²) in [6.07, 6.45) is 1.91. The largest absolute Gasteiger partial charge is 0.543 e. The highest BCUT2D eigenvalue weighted by atomic mass is 28.4. The van der Waals surface area contributed by atoms with E-state index in [9.17, 15) is 4.79 Å². The number of benzene rings is 1. The highest BCUT2D eigenvalue weighted by molar-refractivity contribution is 6.74. The van der Waals surface area contributed by atoms with Gasteiger partial charge in [0.1, 0.15) is 5.75 Å². The fraction of sp³-hybridized carbons (Fsp3) is 0.588. The van der Waals surface area contributed by atoms with Gasteiger partial charge in [0.05, 0.1) is 12.7 Å². The fourth-order valence-electron chi connectivity index (χ4n) is 1.82. The molecule has 0 atom stereocenters. The molecular formula is C17H28O3Si. The molecule has 0 aliphatic rings. The molecular weight excluding hydrogens is 280 g/mol. The van der Waals surface area contributed by atoms with Gasteiger partial charge in [-0.3, -0.25) is 0 Å². The third kappa shape index (κ3) is 4.33. The molecule has 0 aliphatic heterocycles. The van der Waals surface area contributed by atoms with Crippen LogP contribution < -0.4 is 4.43 Å². The van der Waals surface area contributed by atoms with E-state index < -0.39 is 8.32 Å². The number of methoxy groups -OCH3 is 1. The lowest BCUT2D eigenvalue weighted by Gasteiger charge is -2.37. The lowest BCUT2D eigenvalue weighted by Crippen LogP contribution is -2.44. The highest BCUT2D eigenvalue weighted by Gasteiger charge is 2.39. The van der Waals surface area contributed by atoms with Gasteiger partial charge in [0, 0.05) is 0 Å². The first-order valence-electron chi connectivity index (χ1n) is 7.52. The normalized spacial score (nSPS) is 12.1. The van der Waals surface area contributed by atoms with Crippen molar-refractivity contribution in [3.05, 3.63) is 29.3 Å². The summed E-state index contributed by atoms with van der Waals surface area (Å²) in [4.78, 5) is 11.7. The molecule has 118 valence electrons. The minimum absolute atomic E-state index is 0.150. The molecule has 0 radical (unpaired) electrons. The maximum atomic E-state index is 11.7. The zero-order valence-electron chi connectivity index (χ0n) is 14.4. The van der Waals surface area contributed by atoms with E-state index in [2.05, 4.69) is 40.8 Å². The van der Waals surface area contributed by atoms with E-state index in [0.29, 0.717) is 5.56 Å². The predicted molar refractivity (Wildman–Crippen MR) is 89.6 cm³/mol. The van der Waals surface area contributed by atoms with Crippen LogP contribution in [-0.2, 0) is 11.2 Å². The third-order valence-electron chi connectivity index (χ3n) is 4.17. The van der Waals surface area contributed by atoms with Crippen molar-refractivity contribution in [3.63, 3.8) is 0 Å². The van der Waals surface area contributed by atoms with Crippen LogP contribution >= 0.6 is 0 Å². The highest BCUT2D eigenvalue weighted by Crippen LogP contribution is 2.38. The summed E-state index contributed by atoms with van der Waals surface area (Å²) in [7, 11) is -0.471. The van der Waals surface area contributed by atoms with Crippen molar-refractivity contribution in [1.82, 2.24) is 0 Å². The van der Waals surface area contributed by atoms with Crippen LogP contribution in [0.1, 0.15) is 50.0 Å². The van der Waals surface area contributed by atoms with E-state index in [0.717, 1.165) is 24.2 Å². The molecule has 3 nitrogen and oxygen atoms in total. The Balaban J connectivity index is 3.15. The monoisotopic (exact) mass is 308 g/mol. The average Bonchev–Trinajstić information content (AvgIpc) is 2.38. The lowest BCUT2D eigenvalue weighted by atomic mass is 10.1. The molecule has 0 unspecified atom stereocenters. The summed E-state index contributed by atoms with van der Waals surface area (Å²) in [5.41, 5.74) is 1.67. The number of aryl methyl sites for hydroxylation is 1. The van der Waals surface area contributed by atoms with E-state index in [1.54, 1.807) is 6.07 Å². The number of hydrogen-bond acceptors (Lipinski definition) is 3. The van der Waals surface area contributed by atoms with E-state index in [4.69, 9.17) is 9.16 Å². The molecule has 0 fully saturated rings. The first-order chi connectivity index (χ1) is 9.62. The number of carbonyl (C=O) groups excluding carboxylic acids is 1. The van der Waals surface area contributed by atoms with Crippen LogP contribution in [-0.4, -0.2) is 21.4 Å². The molecule has 0 saturated heterocycles. The van der Waals surface area contributed by atoms with E-state index in [1.807, 2.05) is 12.1 Å². The van der Waals surface area contributed by atoms with Crippen LogP contribution in [0.25, 0.3) is 0 Å². The first kappa shape index (κ1) is 17.8. The number of carbonyl (C=O) groups is 1. The molecule has 0 saturated carbocycles. The third-order valence-corrected chi connectivity index (χ3v) is 8.51. The van der Waals surface area contributed by atoms with Gasteiger partial charge in [-0.2, -0.15) is 0 Å². The molecule has 0 N–H and O–H groups in total. The number of esters is 1. The molecule has 1 aromatic rings. The fourth-order valence-corrected chi connectivity index (χ4v) is 2.87. The number of ether oxygens (including phenoxy) is 1.